The van der Waals surface area contributed by atoms with Crippen molar-refractivity contribution in [3.8, 4) is 5.69 Å². The van der Waals surface area contributed by atoms with Crippen LogP contribution in [0, 0.1) is 6.92 Å². The van der Waals surface area contributed by atoms with Crippen molar-refractivity contribution in [1.82, 2.24) is 9.55 Å². The minimum Gasteiger partial charge on any atom is -0.297 e. The maximum Gasteiger partial charge on any atom is 0.334 e. The number of aromatic nitrogens is 2. The zero-order chi connectivity index (χ0) is 12.6. The lowest BCUT2D eigenvalue weighted by Crippen LogP contribution is -2.33. The molecule has 0 bridgehead atoms. The van der Waals surface area contributed by atoms with Gasteiger partial charge in [0.2, 0.25) is 0 Å². The van der Waals surface area contributed by atoms with E-state index in [1.165, 1.54) is 0 Å². The molecule has 0 saturated heterocycles. The number of nitrogens with zero attached hydrogens (tertiary/aromatic N) is 1. The standard InChI is InChI=1S/C11H8Cl2N2O2/c1-6-7(12)3-2-4-8(6)15-10(16)5-9(13)14-11(15)17/h2-5H,1H3,(H,14,17). The van der Waals surface area contributed by atoms with Gasteiger partial charge in [-0.1, -0.05) is 29.3 Å². The minimum atomic E-state index is -0.590. The number of benzene rings is 1. The normalized spacial score (nSPS) is 10.5. The average molecular weight is 271 g/mol. The third kappa shape index (κ3) is 2.14. The molecule has 0 saturated carbocycles. The Morgan fingerprint density at radius 1 is 1.24 bits per heavy atom. The second kappa shape index (κ2) is 4.39. The molecule has 1 aromatic heterocycles. The molecule has 88 valence electrons. The van der Waals surface area contributed by atoms with Crippen molar-refractivity contribution < 1.29 is 0 Å². The Kier molecular flexibility index (Phi) is 3.09. The lowest BCUT2D eigenvalue weighted by Gasteiger charge is -2.08. The lowest BCUT2D eigenvalue weighted by molar-refractivity contribution is 0.869. The summed E-state index contributed by atoms with van der Waals surface area (Å²) in [4.78, 5) is 25.8. The van der Waals surface area contributed by atoms with Gasteiger partial charge < -0.3 is 0 Å². The predicted molar refractivity (Wildman–Crippen MR) is 67.4 cm³/mol. The van der Waals surface area contributed by atoms with E-state index >= 15 is 0 Å². The second-order valence-corrected chi connectivity index (χ2v) is 4.29. The zero-order valence-electron chi connectivity index (χ0n) is 8.83. The fourth-order valence-corrected chi connectivity index (χ4v) is 1.88. The first-order chi connectivity index (χ1) is 8.00. The van der Waals surface area contributed by atoms with Crippen LogP contribution in [0.25, 0.3) is 5.69 Å². The van der Waals surface area contributed by atoms with Gasteiger partial charge in [-0.05, 0) is 24.6 Å². The fourth-order valence-electron chi connectivity index (χ4n) is 1.53. The highest BCUT2D eigenvalue weighted by atomic mass is 35.5. The van der Waals surface area contributed by atoms with Gasteiger partial charge in [-0.15, -0.1) is 0 Å². The monoisotopic (exact) mass is 270 g/mol. The highest BCUT2D eigenvalue weighted by Gasteiger charge is 2.09. The minimum absolute atomic E-state index is 0.0101. The molecule has 6 heteroatoms. The molecule has 0 amide bonds. The summed E-state index contributed by atoms with van der Waals surface area (Å²) in [6, 6.07) is 6.15. The van der Waals surface area contributed by atoms with Gasteiger partial charge in [0.1, 0.15) is 5.15 Å². The summed E-state index contributed by atoms with van der Waals surface area (Å²) in [7, 11) is 0. The molecule has 0 radical (unpaired) electrons. The molecular weight excluding hydrogens is 263 g/mol. The number of halogens is 2. The molecule has 2 rings (SSSR count). The van der Waals surface area contributed by atoms with E-state index in [0.29, 0.717) is 16.3 Å². The Morgan fingerprint density at radius 3 is 2.59 bits per heavy atom. The van der Waals surface area contributed by atoms with Crippen molar-refractivity contribution >= 4 is 23.2 Å². The van der Waals surface area contributed by atoms with Gasteiger partial charge in [0.05, 0.1) is 5.69 Å². The third-order valence-corrected chi connectivity index (χ3v) is 2.99. The Labute approximate surface area is 106 Å². The van der Waals surface area contributed by atoms with E-state index in [2.05, 4.69) is 4.98 Å². The summed E-state index contributed by atoms with van der Waals surface area (Å²) in [5.41, 5.74) is 0.0153. The van der Waals surface area contributed by atoms with E-state index < -0.39 is 11.2 Å². The molecule has 4 nitrogen and oxygen atoms in total. The van der Waals surface area contributed by atoms with Crippen LogP contribution < -0.4 is 11.2 Å². The molecule has 0 aliphatic carbocycles. The van der Waals surface area contributed by atoms with Crippen LogP contribution in [0.5, 0.6) is 0 Å². The molecule has 2 aromatic rings. The summed E-state index contributed by atoms with van der Waals surface area (Å²) < 4.78 is 0.993. The summed E-state index contributed by atoms with van der Waals surface area (Å²) in [5, 5.41) is 0.500. The van der Waals surface area contributed by atoms with Crippen LogP contribution in [0.4, 0.5) is 0 Å². The van der Waals surface area contributed by atoms with Crippen LogP contribution in [0.15, 0.2) is 33.9 Å². The van der Waals surface area contributed by atoms with E-state index in [0.717, 1.165) is 10.6 Å². The maximum atomic E-state index is 11.7. The smallest absolute Gasteiger partial charge is 0.297 e. The van der Waals surface area contributed by atoms with Crippen LogP contribution in [-0.2, 0) is 0 Å². The molecule has 17 heavy (non-hydrogen) atoms. The maximum absolute atomic E-state index is 11.7. The van der Waals surface area contributed by atoms with E-state index in [4.69, 9.17) is 23.2 Å². The molecule has 0 aliphatic rings. The first kappa shape index (κ1) is 12.0. The summed E-state index contributed by atoms with van der Waals surface area (Å²) >= 11 is 11.5. The first-order valence-electron chi connectivity index (χ1n) is 4.78. The van der Waals surface area contributed by atoms with Gasteiger partial charge in [-0.2, -0.15) is 0 Å². The Bertz CT molecular complexity index is 657. The summed E-state index contributed by atoms with van der Waals surface area (Å²) in [6.45, 7) is 1.73. The Balaban J connectivity index is 2.83. The van der Waals surface area contributed by atoms with Crippen LogP contribution in [0.2, 0.25) is 10.2 Å². The van der Waals surface area contributed by atoms with Crippen molar-refractivity contribution in [1.29, 1.82) is 0 Å². The first-order valence-corrected chi connectivity index (χ1v) is 5.53. The van der Waals surface area contributed by atoms with Gasteiger partial charge in [0.15, 0.2) is 0 Å². The largest absolute Gasteiger partial charge is 0.334 e. The van der Waals surface area contributed by atoms with Crippen LogP contribution >= 0.6 is 23.2 Å². The third-order valence-electron chi connectivity index (χ3n) is 2.38. The SMILES string of the molecule is Cc1c(Cl)cccc1-n1c(=O)cc(Cl)[nH]c1=O. The number of aromatic amines is 1. The van der Waals surface area contributed by atoms with Crippen molar-refractivity contribution in [2.45, 2.75) is 6.92 Å². The van der Waals surface area contributed by atoms with E-state index in [-0.39, 0.29) is 5.15 Å². The van der Waals surface area contributed by atoms with Crippen molar-refractivity contribution in [3.05, 3.63) is 60.8 Å². The van der Waals surface area contributed by atoms with Crippen LogP contribution in [0.3, 0.4) is 0 Å². The van der Waals surface area contributed by atoms with Gasteiger partial charge in [0.25, 0.3) is 5.56 Å². The van der Waals surface area contributed by atoms with Crippen LogP contribution in [-0.4, -0.2) is 9.55 Å². The van der Waals surface area contributed by atoms with Gasteiger partial charge in [-0.3, -0.25) is 9.78 Å². The summed E-state index contributed by atoms with van der Waals surface area (Å²) in [6.07, 6.45) is 0. The van der Waals surface area contributed by atoms with E-state index in [1.54, 1.807) is 25.1 Å². The molecule has 0 fully saturated rings. The van der Waals surface area contributed by atoms with Crippen molar-refractivity contribution in [2.75, 3.05) is 0 Å². The zero-order valence-corrected chi connectivity index (χ0v) is 10.3. The van der Waals surface area contributed by atoms with Crippen molar-refractivity contribution in [2.24, 2.45) is 0 Å². The average Bonchev–Trinajstić information content (AvgIpc) is 2.23. The quantitative estimate of drug-likeness (QED) is 0.808. The molecule has 0 aliphatic heterocycles. The van der Waals surface area contributed by atoms with Gasteiger partial charge >= 0.3 is 5.69 Å². The van der Waals surface area contributed by atoms with Gasteiger partial charge in [0, 0.05) is 11.1 Å². The summed E-state index contributed by atoms with van der Waals surface area (Å²) in [5.74, 6) is 0. The molecule has 0 atom stereocenters. The van der Waals surface area contributed by atoms with Crippen molar-refractivity contribution in [3.63, 3.8) is 0 Å². The molecule has 1 aromatic carbocycles. The predicted octanol–water partition coefficient (Wildman–Crippen LogP) is 2.14. The molecule has 0 spiro atoms. The van der Waals surface area contributed by atoms with Crippen LogP contribution in [0.1, 0.15) is 5.56 Å². The van der Waals surface area contributed by atoms with Gasteiger partial charge in [-0.25, -0.2) is 9.36 Å². The molecule has 1 heterocycles. The topological polar surface area (TPSA) is 54.9 Å². The molecule has 0 unspecified atom stereocenters. The molecular formula is C11H8Cl2N2O2. The number of nitrogens with one attached hydrogen (secondary N) is 1. The number of rotatable bonds is 1. The molecule has 1 N–H and O–H groups in total. The number of hydrogen-bond acceptors (Lipinski definition) is 2. The highest BCUT2D eigenvalue weighted by Crippen LogP contribution is 2.20. The number of H-pyrrole nitrogens is 1. The highest BCUT2D eigenvalue weighted by molar-refractivity contribution is 6.31. The fraction of sp³-hybridized carbons (Fsp3) is 0.0909. The lowest BCUT2D eigenvalue weighted by atomic mass is 10.2. The Hall–Kier alpha value is -1.52. The second-order valence-electron chi connectivity index (χ2n) is 3.48. The van der Waals surface area contributed by atoms with E-state index in [9.17, 15) is 9.59 Å². The number of hydrogen-bond donors (Lipinski definition) is 1. The van der Waals surface area contributed by atoms with E-state index in [1.807, 2.05) is 0 Å². The Morgan fingerprint density at radius 2 is 1.94 bits per heavy atom.